The summed E-state index contributed by atoms with van der Waals surface area (Å²) in [6.45, 7) is 14.4. The van der Waals surface area contributed by atoms with Crippen LogP contribution in [0, 0.1) is 0 Å². The molecular formula is C44H41N2+. The normalized spacial score (nSPS) is 20.9. The average Bonchev–Trinajstić information content (AvgIpc) is 3.43. The van der Waals surface area contributed by atoms with Gasteiger partial charge in [0.25, 0.3) is 0 Å². The molecule has 0 spiro atoms. The summed E-state index contributed by atoms with van der Waals surface area (Å²) >= 11 is 0. The van der Waals surface area contributed by atoms with Crippen LogP contribution in [-0.2, 0) is 16.4 Å². The lowest BCUT2D eigenvalue weighted by Crippen LogP contribution is -2.67. The van der Waals surface area contributed by atoms with E-state index in [1.165, 1.54) is 77.3 Å². The maximum absolute atomic E-state index is 2.61. The van der Waals surface area contributed by atoms with Gasteiger partial charge in [0, 0.05) is 35.6 Å². The molecule has 2 unspecified atom stereocenters. The number of hydrogen-bond donors (Lipinski definition) is 0. The van der Waals surface area contributed by atoms with Crippen molar-refractivity contribution in [3.8, 4) is 28.1 Å². The molecule has 5 aromatic carbocycles. The van der Waals surface area contributed by atoms with Crippen molar-refractivity contribution in [1.82, 2.24) is 4.57 Å². The molecule has 0 N–H and O–H groups in total. The Morgan fingerprint density at radius 2 is 1.33 bits per heavy atom. The van der Waals surface area contributed by atoms with E-state index in [9.17, 15) is 0 Å². The summed E-state index contributed by atoms with van der Waals surface area (Å²) in [4.78, 5) is 0. The number of aromatic nitrogens is 2. The molecule has 2 aliphatic rings. The highest BCUT2D eigenvalue weighted by atomic mass is 15.1. The quantitative estimate of drug-likeness (QED) is 0.179. The molecule has 0 fully saturated rings. The molecule has 46 heavy (non-hydrogen) atoms. The van der Waals surface area contributed by atoms with Gasteiger partial charge in [-0.3, -0.25) is 0 Å². The summed E-state index contributed by atoms with van der Waals surface area (Å²) in [7, 11) is 0. The second-order valence-corrected chi connectivity index (χ2v) is 14.6. The molecule has 4 heterocycles. The fraction of sp³-hybridized carbons (Fsp3) is 0.250. The number of fused-ring (bicyclic) bond motifs is 10. The largest absolute Gasteiger partial charge is 0.309 e. The van der Waals surface area contributed by atoms with Crippen LogP contribution in [0.4, 0.5) is 0 Å². The Bertz CT molecular complexity index is 2410. The molecular weight excluding hydrogens is 556 g/mol. The van der Waals surface area contributed by atoms with Crippen LogP contribution in [0.3, 0.4) is 0 Å². The van der Waals surface area contributed by atoms with Gasteiger partial charge in [-0.25, -0.2) is 0 Å². The number of pyridine rings is 1. The Balaban J connectivity index is 1.31. The number of para-hydroxylation sites is 2. The third kappa shape index (κ3) is 3.25. The van der Waals surface area contributed by atoms with E-state index in [1.807, 2.05) is 0 Å². The van der Waals surface area contributed by atoms with Crippen molar-refractivity contribution < 1.29 is 4.57 Å². The van der Waals surface area contributed by atoms with Crippen LogP contribution in [0.5, 0.6) is 0 Å². The topological polar surface area (TPSA) is 8.81 Å². The summed E-state index contributed by atoms with van der Waals surface area (Å²) in [5.74, 6) is 0. The highest BCUT2D eigenvalue weighted by molar-refractivity contribution is 6.12. The molecule has 0 saturated carbocycles. The van der Waals surface area contributed by atoms with E-state index in [-0.39, 0.29) is 16.4 Å². The average molecular weight is 598 g/mol. The molecule has 2 heteroatoms. The first-order valence-electron chi connectivity index (χ1n) is 17.0. The van der Waals surface area contributed by atoms with E-state index in [0.717, 1.165) is 12.8 Å². The van der Waals surface area contributed by atoms with Gasteiger partial charge in [-0.2, -0.15) is 4.57 Å². The van der Waals surface area contributed by atoms with Crippen molar-refractivity contribution in [2.45, 2.75) is 70.8 Å². The van der Waals surface area contributed by atoms with Crippen LogP contribution in [0.2, 0.25) is 0 Å². The maximum Gasteiger partial charge on any atom is 0.221 e. The molecule has 2 atom stereocenters. The summed E-state index contributed by atoms with van der Waals surface area (Å²) in [5.41, 5.74) is 13.3. The summed E-state index contributed by atoms with van der Waals surface area (Å²) in [6, 6.07) is 41.5. The fourth-order valence-electron chi connectivity index (χ4n) is 9.34. The highest BCUT2D eigenvalue weighted by Crippen LogP contribution is 2.52. The summed E-state index contributed by atoms with van der Waals surface area (Å²) in [6.07, 6.45) is 4.50. The highest BCUT2D eigenvalue weighted by Gasteiger charge is 2.56. The molecule has 7 aromatic rings. The molecule has 2 aliphatic heterocycles. The zero-order valence-electron chi connectivity index (χ0n) is 27.8. The smallest absolute Gasteiger partial charge is 0.221 e. The van der Waals surface area contributed by atoms with Crippen LogP contribution in [0.15, 0.2) is 115 Å². The van der Waals surface area contributed by atoms with Gasteiger partial charge in [0.05, 0.1) is 33.1 Å². The van der Waals surface area contributed by atoms with Gasteiger partial charge < -0.3 is 4.57 Å². The van der Waals surface area contributed by atoms with Crippen molar-refractivity contribution >= 4 is 32.6 Å². The number of hydrogen-bond acceptors (Lipinski definition) is 0. The molecule has 0 radical (unpaired) electrons. The lowest BCUT2D eigenvalue weighted by Gasteiger charge is -2.46. The van der Waals surface area contributed by atoms with Gasteiger partial charge in [0.15, 0.2) is 11.7 Å². The molecule has 0 bridgehead atoms. The van der Waals surface area contributed by atoms with Crippen LogP contribution in [0.25, 0.3) is 60.6 Å². The van der Waals surface area contributed by atoms with Crippen molar-refractivity contribution in [3.63, 3.8) is 0 Å². The van der Waals surface area contributed by atoms with E-state index >= 15 is 0 Å². The predicted octanol–water partition coefficient (Wildman–Crippen LogP) is 11.0. The fourth-order valence-corrected chi connectivity index (χ4v) is 9.34. The third-order valence-electron chi connectivity index (χ3n) is 12.5. The maximum atomic E-state index is 2.61. The standard InChI is InChI=1S/C44H41N2/c1-7-43(5)35-22-20-29(27-34(35)40-31-15-10-9-14-28(31)24-25-45(40)44(43,6)8-2)30-21-23-38-33(26-30)32-16-13-18-37-41(32)46(38)39-19-12-11-17-36(39)42(37,3)4/h9-27H,7-8H2,1-6H3/q+1. The Kier molecular flexibility index (Phi) is 5.52. The van der Waals surface area contributed by atoms with Gasteiger partial charge in [-0.15, -0.1) is 0 Å². The Hall–Kier alpha value is -4.69. The first kappa shape index (κ1) is 27.6. The Morgan fingerprint density at radius 3 is 2.15 bits per heavy atom. The van der Waals surface area contributed by atoms with Gasteiger partial charge in [0.2, 0.25) is 5.69 Å². The van der Waals surface area contributed by atoms with E-state index in [4.69, 9.17) is 0 Å². The molecule has 2 aromatic heterocycles. The number of nitrogens with zero attached hydrogens (tertiary/aromatic N) is 2. The van der Waals surface area contributed by atoms with Crippen molar-refractivity contribution in [1.29, 1.82) is 0 Å². The summed E-state index contributed by atoms with van der Waals surface area (Å²) < 4.78 is 5.12. The monoisotopic (exact) mass is 597 g/mol. The zero-order valence-corrected chi connectivity index (χ0v) is 27.8. The number of benzene rings is 5. The molecule has 2 nitrogen and oxygen atoms in total. The summed E-state index contributed by atoms with van der Waals surface area (Å²) in [5, 5.41) is 5.27. The van der Waals surface area contributed by atoms with E-state index in [0.29, 0.717) is 0 Å². The van der Waals surface area contributed by atoms with Crippen molar-refractivity contribution in [2.24, 2.45) is 0 Å². The Morgan fingerprint density at radius 1 is 0.609 bits per heavy atom. The first-order valence-corrected chi connectivity index (χ1v) is 17.0. The van der Waals surface area contributed by atoms with Gasteiger partial charge in [0.1, 0.15) is 0 Å². The SMILES string of the molecule is CCC1(C)c2ccc(-c3ccc4c(c3)c3cccc5c3n4-c3ccccc3C5(C)C)cc2-c2c3ccccc3cc[n+]2C1(C)CC. The first-order chi connectivity index (χ1) is 22.2. The lowest BCUT2D eigenvalue weighted by atomic mass is 9.60. The minimum absolute atomic E-state index is 0.00103. The molecule has 9 rings (SSSR count). The molecule has 0 saturated heterocycles. The lowest BCUT2D eigenvalue weighted by molar-refractivity contribution is -0.764. The van der Waals surface area contributed by atoms with Gasteiger partial charge in [-0.05, 0) is 76.9 Å². The Labute approximate surface area is 271 Å². The van der Waals surface area contributed by atoms with Crippen LogP contribution >= 0.6 is 0 Å². The van der Waals surface area contributed by atoms with Crippen LogP contribution in [0.1, 0.15) is 71.1 Å². The molecule has 0 aliphatic carbocycles. The molecule has 226 valence electrons. The third-order valence-corrected chi connectivity index (χ3v) is 12.5. The van der Waals surface area contributed by atoms with Gasteiger partial charge in [-0.1, -0.05) is 100 Å². The zero-order chi connectivity index (χ0) is 31.6. The minimum Gasteiger partial charge on any atom is -0.309 e. The van der Waals surface area contributed by atoms with Gasteiger partial charge >= 0.3 is 0 Å². The number of rotatable bonds is 3. The minimum atomic E-state index is -0.0610. The van der Waals surface area contributed by atoms with E-state index in [1.54, 1.807) is 0 Å². The second-order valence-electron chi connectivity index (χ2n) is 14.6. The van der Waals surface area contributed by atoms with Crippen molar-refractivity contribution in [3.05, 3.63) is 132 Å². The van der Waals surface area contributed by atoms with E-state index < -0.39 is 0 Å². The van der Waals surface area contributed by atoms with E-state index in [2.05, 4.69) is 166 Å². The van der Waals surface area contributed by atoms with Crippen LogP contribution < -0.4 is 4.57 Å². The molecule has 0 amide bonds. The van der Waals surface area contributed by atoms with Crippen LogP contribution in [-0.4, -0.2) is 4.57 Å². The second kappa shape index (κ2) is 9.19. The predicted molar refractivity (Wildman–Crippen MR) is 193 cm³/mol. The van der Waals surface area contributed by atoms with Crippen molar-refractivity contribution in [2.75, 3.05) is 0 Å².